The smallest absolute Gasteiger partial charge is 0.0235 e. The summed E-state index contributed by atoms with van der Waals surface area (Å²) in [6.45, 7) is 11.4. The Balaban J connectivity index is 1.48. The van der Waals surface area contributed by atoms with E-state index in [9.17, 15) is 0 Å². The molecule has 3 heteroatoms. The summed E-state index contributed by atoms with van der Waals surface area (Å²) in [7, 11) is 0. The number of unbranched alkanes of at least 4 members (excludes halogenated alkanes) is 2. The van der Waals surface area contributed by atoms with Crippen molar-refractivity contribution in [2.75, 3.05) is 45.8 Å². The van der Waals surface area contributed by atoms with E-state index in [4.69, 9.17) is 0 Å². The molecule has 2 aliphatic heterocycles. The van der Waals surface area contributed by atoms with Crippen molar-refractivity contribution in [3.05, 3.63) is 0 Å². The highest BCUT2D eigenvalue weighted by Crippen LogP contribution is 2.20. The van der Waals surface area contributed by atoms with E-state index in [0.29, 0.717) is 0 Å². The molecule has 0 bridgehead atoms. The Hall–Kier alpha value is -0.120. The monoisotopic (exact) mass is 281 g/mol. The molecule has 2 fully saturated rings. The van der Waals surface area contributed by atoms with Crippen LogP contribution in [-0.2, 0) is 0 Å². The van der Waals surface area contributed by atoms with Gasteiger partial charge in [0.15, 0.2) is 0 Å². The predicted octanol–water partition coefficient (Wildman–Crippen LogP) is 2.72. The number of rotatable bonds is 9. The first kappa shape index (κ1) is 16.3. The Bertz CT molecular complexity index is 238. The number of nitrogens with zero attached hydrogens (tertiary/aromatic N) is 2. The van der Waals surface area contributed by atoms with E-state index in [-0.39, 0.29) is 0 Å². The molecule has 1 unspecified atom stereocenters. The van der Waals surface area contributed by atoms with Crippen LogP contribution in [0.25, 0.3) is 0 Å². The van der Waals surface area contributed by atoms with Gasteiger partial charge in [0.2, 0.25) is 0 Å². The summed E-state index contributed by atoms with van der Waals surface area (Å²) in [5, 5.41) is 3.49. The van der Waals surface area contributed by atoms with Gasteiger partial charge in [0.05, 0.1) is 0 Å². The van der Waals surface area contributed by atoms with Crippen LogP contribution in [0.2, 0.25) is 0 Å². The van der Waals surface area contributed by atoms with Gasteiger partial charge in [-0.2, -0.15) is 0 Å². The number of nitrogens with one attached hydrogen (secondary N) is 1. The van der Waals surface area contributed by atoms with E-state index in [1.165, 1.54) is 97.2 Å². The van der Waals surface area contributed by atoms with Gasteiger partial charge in [-0.25, -0.2) is 0 Å². The van der Waals surface area contributed by atoms with Crippen LogP contribution >= 0.6 is 0 Å². The third kappa shape index (κ3) is 5.71. The molecule has 20 heavy (non-hydrogen) atoms. The standard InChI is InChI=1S/C17H35N3/c1-2-10-18-11-5-3-6-12-19-15-9-17(16-19)20-13-7-4-8-14-20/h17-18H,2-16H2,1H3. The molecule has 0 amide bonds. The van der Waals surface area contributed by atoms with E-state index in [1.807, 2.05) is 0 Å². The second-order valence-electron chi connectivity index (χ2n) is 6.65. The third-order valence-electron chi connectivity index (χ3n) is 4.91. The maximum Gasteiger partial charge on any atom is 0.0235 e. The zero-order chi connectivity index (χ0) is 14.0. The van der Waals surface area contributed by atoms with Crippen LogP contribution in [0.4, 0.5) is 0 Å². The minimum Gasteiger partial charge on any atom is -0.317 e. The second kappa shape index (κ2) is 9.75. The molecule has 2 heterocycles. The summed E-state index contributed by atoms with van der Waals surface area (Å²) in [4.78, 5) is 5.47. The normalized spacial score (nSPS) is 25.4. The third-order valence-corrected chi connectivity index (χ3v) is 4.91. The first-order valence-electron chi connectivity index (χ1n) is 9.07. The van der Waals surface area contributed by atoms with Crippen molar-refractivity contribution in [2.24, 2.45) is 0 Å². The Morgan fingerprint density at radius 3 is 2.60 bits per heavy atom. The van der Waals surface area contributed by atoms with Crippen LogP contribution in [0.3, 0.4) is 0 Å². The molecule has 0 saturated carbocycles. The molecule has 2 aliphatic rings. The fourth-order valence-electron chi connectivity index (χ4n) is 3.66. The van der Waals surface area contributed by atoms with Crippen molar-refractivity contribution < 1.29 is 0 Å². The minimum atomic E-state index is 0.876. The predicted molar refractivity (Wildman–Crippen MR) is 87.3 cm³/mol. The van der Waals surface area contributed by atoms with Crippen molar-refractivity contribution in [1.82, 2.24) is 15.1 Å². The number of likely N-dealkylation sites (tertiary alicyclic amines) is 2. The molecule has 3 nitrogen and oxygen atoms in total. The van der Waals surface area contributed by atoms with E-state index < -0.39 is 0 Å². The molecular formula is C17H35N3. The van der Waals surface area contributed by atoms with E-state index >= 15 is 0 Å². The summed E-state index contributed by atoms with van der Waals surface area (Å²) >= 11 is 0. The lowest BCUT2D eigenvalue weighted by molar-refractivity contribution is 0.162. The molecular weight excluding hydrogens is 246 g/mol. The van der Waals surface area contributed by atoms with Gasteiger partial charge in [-0.15, -0.1) is 0 Å². The molecule has 0 spiro atoms. The van der Waals surface area contributed by atoms with E-state index in [0.717, 1.165) is 6.04 Å². The summed E-state index contributed by atoms with van der Waals surface area (Å²) in [5.41, 5.74) is 0. The van der Waals surface area contributed by atoms with Gasteiger partial charge in [-0.3, -0.25) is 4.90 Å². The van der Waals surface area contributed by atoms with Gasteiger partial charge in [-0.05, 0) is 77.8 Å². The molecule has 1 N–H and O–H groups in total. The van der Waals surface area contributed by atoms with Crippen molar-refractivity contribution in [3.8, 4) is 0 Å². The topological polar surface area (TPSA) is 18.5 Å². The maximum atomic E-state index is 3.49. The molecule has 0 aromatic rings. The zero-order valence-electron chi connectivity index (χ0n) is 13.6. The van der Waals surface area contributed by atoms with Gasteiger partial charge >= 0.3 is 0 Å². The molecule has 0 aromatic heterocycles. The van der Waals surface area contributed by atoms with E-state index in [2.05, 4.69) is 22.0 Å². The Labute approximate surface area is 126 Å². The highest BCUT2D eigenvalue weighted by Gasteiger charge is 2.27. The average molecular weight is 281 g/mol. The van der Waals surface area contributed by atoms with Crippen LogP contribution in [0.5, 0.6) is 0 Å². The summed E-state index contributed by atoms with van der Waals surface area (Å²) in [6, 6.07) is 0.876. The largest absolute Gasteiger partial charge is 0.317 e. The number of piperidine rings is 1. The molecule has 0 radical (unpaired) electrons. The first-order valence-corrected chi connectivity index (χ1v) is 9.07. The Morgan fingerprint density at radius 1 is 0.950 bits per heavy atom. The van der Waals surface area contributed by atoms with E-state index in [1.54, 1.807) is 0 Å². The van der Waals surface area contributed by atoms with Gasteiger partial charge in [0.1, 0.15) is 0 Å². The lowest BCUT2D eigenvalue weighted by atomic mass is 10.1. The summed E-state index contributed by atoms with van der Waals surface area (Å²) < 4.78 is 0. The molecule has 118 valence electrons. The second-order valence-corrected chi connectivity index (χ2v) is 6.65. The van der Waals surface area contributed by atoms with Crippen LogP contribution in [0.1, 0.15) is 58.3 Å². The number of hydrogen-bond donors (Lipinski definition) is 1. The highest BCUT2D eigenvalue weighted by atomic mass is 15.3. The summed E-state index contributed by atoms with van der Waals surface area (Å²) in [5.74, 6) is 0. The van der Waals surface area contributed by atoms with Crippen LogP contribution in [-0.4, -0.2) is 61.7 Å². The summed E-state index contributed by atoms with van der Waals surface area (Å²) in [6.07, 6.45) is 11.1. The molecule has 2 saturated heterocycles. The lowest BCUT2D eigenvalue weighted by Crippen LogP contribution is -2.40. The molecule has 0 aromatic carbocycles. The van der Waals surface area contributed by atoms with Gasteiger partial charge in [0, 0.05) is 12.6 Å². The highest BCUT2D eigenvalue weighted by molar-refractivity contribution is 4.84. The van der Waals surface area contributed by atoms with Gasteiger partial charge in [0.25, 0.3) is 0 Å². The minimum absolute atomic E-state index is 0.876. The fraction of sp³-hybridized carbons (Fsp3) is 1.00. The van der Waals surface area contributed by atoms with Crippen LogP contribution in [0.15, 0.2) is 0 Å². The van der Waals surface area contributed by atoms with Crippen molar-refractivity contribution in [3.63, 3.8) is 0 Å². The Morgan fingerprint density at radius 2 is 1.80 bits per heavy atom. The van der Waals surface area contributed by atoms with Crippen LogP contribution < -0.4 is 5.32 Å². The zero-order valence-corrected chi connectivity index (χ0v) is 13.6. The molecule has 1 atom stereocenters. The lowest BCUT2D eigenvalue weighted by Gasteiger charge is -2.32. The van der Waals surface area contributed by atoms with Gasteiger partial charge < -0.3 is 10.2 Å². The maximum absolute atomic E-state index is 3.49. The first-order chi connectivity index (χ1) is 9.90. The fourth-order valence-corrected chi connectivity index (χ4v) is 3.66. The Kier molecular flexibility index (Phi) is 7.92. The van der Waals surface area contributed by atoms with Crippen molar-refractivity contribution in [1.29, 1.82) is 0 Å². The quantitative estimate of drug-likeness (QED) is 0.656. The van der Waals surface area contributed by atoms with Gasteiger partial charge in [-0.1, -0.05) is 19.8 Å². The van der Waals surface area contributed by atoms with Crippen molar-refractivity contribution in [2.45, 2.75) is 64.3 Å². The molecule has 2 rings (SSSR count). The molecule has 0 aliphatic carbocycles. The van der Waals surface area contributed by atoms with Crippen molar-refractivity contribution >= 4 is 0 Å². The SMILES string of the molecule is CCCNCCCCCN1CCC(N2CCCCC2)C1. The average Bonchev–Trinajstić information content (AvgIpc) is 2.96. The number of hydrogen-bond acceptors (Lipinski definition) is 3. The van der Waals surface area contributed by atoms with Crippen LogP contribution in [0, 0.1) is 0 Å².